The van der Waals surface area contributed by atoms with E-state index < -0.39 is 23.7 Å². The molecule has 6 heteroatoms. The van der Waals surface area contributed by atoms with Crippen LogP contribution in [0.4, 0.5) is 4.39 Å². The molecule has 4 nitrogen and oxygen atoms in total. The van der Waals surface area contributed by atoms with Crippen LogP contribution >= 0.6 is 15.9 Å². The molecule has 0 aromatic heterocycles. The molecule has 0 saturated carbocycles. The molecule has 0 fully saturated rings. The van der Waals surface area contributed by atoms with Crippen LogP contribution in [0.25, 0.3) is 0 Å². The van der Waals surface area contributed by atoms with Gasteiger partial charge in [-0.25, -0.2) is 9.18 Å². The van der Waals surface area contributed by atoms with Gasteiger partial charge in [-0.15, -0.1) is 0 Å². The number of esters is 1. The van der Waals surface area contributed by atoms with E-state index in [2.05, 4.69) is 26.0 Å². The fourth-order valence-electron chi connectivity index (χ4n) is 1.52. The summed E-state index contributed by atoms with van der Waals surface area (Å²) in [6.07, 6.45) is 0. The summed E-state index contributed by atoms with van der Waals surface area (Å²) < 4.78 is 18.0. The molecule has 0 aliphatic rings. The van der Waals surface area contributed by atoms with Gasteiger partial charge in [-0.1, -0.05) is 19.9 Å². The van der Waals surface area contributed by atoms with Gasteiger partial charge < -0.3 is 10.1 Å². The van der Waals surface area contributed by atoms with Crippen molar-refractivity contribution in [3.05, 3.63) is 34.1 Å². The first-order chi connectivity index (χ1) is 8.88. The van der Waals surface area contributed by atoms with E-state index in [1.165, 1.54) is 25.3 Å². The minimum Gasteiger partial charge on any atom is -0.467 e. The maximum atomic E-state index is 13.3. The van der Waals surface area contributed by atoms with E-state index in [0.29, 0.717) is 0 Å². The number of amides is 1. The van der Waals surface area contributed by atoms with Gasteiger partial charge in [0, 0.05) is 0 Å². The van der Waals surface area contributed by atoms with Crippen molar-refractivity contribution in [3.63, 3.8) is 0 Å². The van der Waals surface area contributed by atoms with Crippen molar-refractivity contribution >= 4 is 27.8 Å². The molecule has 1 aromatic rings. The second-order valence-electron chi connectivity index (χ2n) is 4.32. The number of benzene rings is 1. The lowest BCUT2D eigenvalue weighted by molar-refractivity contribution is -0.144. The third kappa shape index (κ3) is 3.76. The highest BCUT2D eigenvalue weighted by atomic mass is 79.9. The highest BCUT2D eigenvalue weighted by molar-refractivity contribution is 9.10. The predicted octanol–water partition coefficient (Wildman–Crippen LogP) is 2.52. The summed E-state index contributed by atoms with van der Waals surface area (Å²) in [6, 6.07) is 3.36. The van der Waals surface area contributed by atoms with Gasteiger partial charge in [0.05, 0.1) is 17.1 Å². The van der Waals surface area contributed by atoms with Crippen LogP contribution in [0.2, 0.25) is 0 Å². The van der Waals surface area contributed by atoms with Crippen LogP contribution in [0.3, 0.4) is 0 Å². The number of hydrogen-bond acceptors (Lipinski definition) is 3. The maximum Gasteiger partial charge on any atom is 0.328 e. The molecule has 0 spiro atoms. The molecule has 0 aliphatic carbocycles. The zero-order valence-electron chi connectivity index (χ0n) is 10.9. The van der Waals surface area contributed by atoms with Crippen molar-refractivity contribution in [1.29, 1.82) is 0 Å². The van der Waals surface area contributed by atoms with E-state index in [0.717, 1.165) is 0 Å². The van der Waals surface area contributed by atoms with Crippen molar-refractivity contribution in [2.24, 2.45) is 5.92 Å². The van der Waals surface area contributed by atoms with Crippen molar-refractivity contribution < 1.29 is 18.7 Å². The van der Waals surface area contributed by atoms with Gasteiger partial charge in [0.25, 0.3) is 5.91 Å². The molecule has 0 saturated heterocycles. The zero-order valence-corrected chi connectivity index (χ0v) is 12.5. The summed E-state index contributed by atoms with van der Waals surface area (Å²) in [6.45, 7) is 3.56. The lowest BCUT2D eigenvalue weighted by Crippen LogP contribution is -2.45. The standard InChI is InChI=1S/C13H15BrFNO3/c1-7(2)11(13(18)19-3)16-12(17)8-5-4-6-9(15)10(8)14/h4-7,11H,1-3H3,(H,16,17)/t11-/m0/s1. The highest BCUT2D eigenvalue weighted by Gasteiger charge is 2.26. The Labute approximate surface area is 119 Å². The maximum absolute atomic E-state index is 13.3. The molecule has 0 unspecified atom stereocenters. The van der Waals surface area contributed by atoms with Crippen LogP contribution < -0.4 is 5.32 Å². The molecule has 0 aliphatic heterocycles. The van der Waals surface area contributed by atoms with Crippen LogP contribution in [-0.4, -0.2) is 25.0 Å². The molecule has 104 valence electrons. The average molecular weight is 332 g/mol. The molecule has 19 heavy (non-hydrogen) atoms. The molecule has 1 aromatic carbocycles. The van der Waals surface area contributed by atoms with Gasteiger partial charge in [0.15, 0.2) is 0 Å². The van der Waals surface area contributed by atoms with Crippen LogP contribution in [0.15, 0.2) is 22.7 Å². The van der Waals surface area contributed by atoms with E-state index >= 15 is 0 Å². The van der Waals surface area contributed by atoms with Gasteiger partial charge in [-0.05, 0) is 34.0 Å². The minimum absolute atomic E-state index is 0.0693. The van der Waals surface area contributed by atoms with E-state index in [1.807, 2.05) is 0 Å². The zero-order chi connectivity index (χ0) is 14.6. The fraction of sp³-hybridized carbons (Fsp3) is 0.385. The number of hydrogen-bond donors (Lipinski definition) is 1. The van der Waals surface area contributed by atoms with Gasteiger partial charge >= 0.3 is 5.97 Å². The Morgan fingerprint density at radius 3 is 2.53 bits per heavy atom. The lowest BCUT2D eigenvalue weighted by Gasteiger charge is -2.20. The molecular formula is C13H15BrFNO3. The Bertz CT molecular complexity index is 491. The van der Waals surface area contributed by atoms with Crippen molar-refractivity contribution in [2.45, 2.75) is 19.9 Å². The topological polar surface area (TPSA) is 55.4 Å². The largest absolute Gasteiger partial charge is 0.467 e. The minimum atomic E-state index is -0.771. The van der Waals surface area contributed by atoms with Crippen LogP contribution in [0.1, 0.15) is 24.2 Å². The summed E-state index contributed by atoms with van der Waals surface area (Å²) in [5.74, 6) is -1.73. The van der Waals surface area contributed by atoms with Crippen molar-refractivity contribution in [3.8, 4) is 0 Å². The smallest absolute Gasteiger partial charge is 0.328 e. The SMILES string of the molecule is COC(=O)[C@@H](NC(=O)c1cccc(F)c1Br)C(C)C. The second kappa shape index (κ2) is 6.65. The number of methoxy groups -OCH3 is 1. The molecule has 1 rings (SSSR count). The van der Waals surface area contributed by atoms with Gasteiger partial charge in [0.1, 0.15) is 11.9 Å². The first-order valence-corrected chi connectivity index (χ1v) is 6.50. The molecule has 1 N–H and O–H groups in total. The number of carbonyl (C=O) groups excluding carboxylic acids is 2. The van der Waals surface area contributed by atoms with Gasteiger partial charge in [0.2, 0.25) is 0 Å². The number of nitrogens with one attached hydrogen (secondary N) is 1. The van der Waals surface area contributed by atoms with Crippen LogP contribution in [0, 0.1) is 11.7 Å². The van der Waals surface area contributed by atoms with E-state index in [1.54, 1.807) is 13.8 Å². The Morgan fingerprint density at radius 2 is 2.00 bits per heavy atom. The third-order valence-corrected chi connectivity index (χ3v) is 3.41. The van der Waals surface area contributed by atoms with Crippen molar-refractivity contribution in [2.75, 3.05) is 7.11 Å². The molecule has 0 radical (unpaired) electrons. The van der Waals surface area contributed by atoms with Crippen LogP contribution in [-0.2, 0) is 9.53 Å². The summed E-state index contributed by atoms with van der Waals surface area (Å²) in [7, 11) is 1.25. The van der Waals surface area contributed by atoms with Crippen molar-refractivity contribution in [1.82, 2.24) is 5.32 Å². The summed E-state index contributed by atoms with van der Waals surface area (Å²) in [5, 5.41) is 2.54. The summed E-state index contributed by atoms with van der Waals surface area (Å²) in [4.78, 5) is 23.6. The second-order valence-corrected chi connectivity index (χ2v) is 5.11. The van der Waals surface area contributed by atoms with Gasteiger partial charge in [-0.3, -0.25) is 4.79 Å². The predicted molar refractivity (Wildman–Crippen MR) is 72.2 cm³/mol. The lowest BCUT2D eigenvalue weighted by atomic mass is 10.0. The van der Waals surface area contributed by atoms with E-state index in [4.69, 9.17) is 0 Å². The first kappa shape index (κ1) is 15.6. The first-order valence-electron chi connectivity index (χ1n) is 5.71. The third-order valence-electron chi connectivity index (χ3n) is 2.60. The molecular weight excluding hydrogens is 317 g/mol. The molecule has 0 heterocycles. The summed E-state index contributed by atoms with van der Waals surface area (Å²) in [5.41, 5.74) is 0.134. The Morgan fingerprint density at radius 1 is 1.37 bits per heavy atom. The Balaban J connectivity index is 2.94. The van der Waals surface area contributed by atoms with E-state index in [-0.39, 0.29) is 16.0 Å². The summed E-state index contributed by atoms with van der Waals surface area (Å²) >= 11 is 3.01. The number of halogens is 2. The average Bonchev–Trinajstić information content (AvgIpc) is 2.37. The van der Waals surface area contributed by atoms with Gasteiger partial charge in [-0.2, -0.15) is 0 Å². The Kier molecular flexibility index (Phi) is 5.47. The molecule has 0 bridgehead atoms. The Hall–Kier alpha value is -1.43. The monoisotopic (exact) mass is 331 g/mol. The fourth-order valence-corrected chi connectivity index (χ4v) is 1.97. The highest BCUT2D eigenvalue weighted by Crippen LogP contribution is 2.20. The van der Waals surface area contributed by atoms with Crippen LogP contribution in [0.5, 0.6) is 0 Å². The van der Waals surface area contributed by atoms with E-state index in [9.17, 15) is 14.0 Å². The number of carbonyl (C=O) groups is 2. The number of ether oxygens (including phenoxy) is 1. The molecule has 1 amide bonds. The quantitative estimate of drug-likeness (QED) is 0.862. The number of rotatable bonds is 4. The molecule has 1 atom stereocenters. The normalized spacial score (nSPS) is 12.1.